The zero-order chi connectivity index (χ0) is 13.1. The first-order valence-corrected chi connectivity index (χ1v) is 5.33. The van der Waals surface area contributed by atoms with Crippen molar-refractivity contribution in [1.82, 2.24) is 0 Å². The van der Waals surface area contributed by atoms with Crippen LogP contribution < -0.4 is 11.1 Å². The van der Waals surface area contributed by atoms with Gasteiger partial charge in [0.2, 0.25) is 0 Å². The van der Waals surface area contributed by atoms with Crippen LogP contribution in [0.5, 0.6) is 0 Å². The molecule has 0 unspecified atom stereocenters. The van der Waals surface area contributed by atoms with Gasteiger partial charge < -0.3 is 11.1 Å². The van der Waals surface area contributed by atoms with E-state index >= 15 is 0 Å². The highest BCUT2D eigenvalue weighted by molar-refractivity contribution is 5.76. The Balaban J connectivity index is 2.21. The van der Waals surface area contributed by atoms with E-state index in [2.05, 4.69) is 11.9 Å². The molecule has 0 spiro atoms. The van der Waals surface area contributed by atoms with Gasteiger partial charge in [-0.3, -0.25) is 0 Å². The SMILES string of the molecule is C=C(Nc1ccc(F)cc1)c1cc(N)ccc1F. The van der Waals surface area contributed by atoms with E-state index in [1.165, 1.54) is 30.3 Å². The molecule has 2 aromatic rings. The Kier molecular flexibility index (Phi) is 3.28. The third kappa shape index (κ3) is 2.66. The van der Waals surface area contributed by atoms with Crippen molar-refractivity contribution in [2.75, 3.05) is 11.1 Å². The summed E-state index contributed by atoms with van der Waals surface area (Å²) in [6.45, 7) is 3.74. The summed E-state index contributed by atoms with van der Waals surface area (Å²) in [4.78, 5) is 0. The fraction of sp³-hybridized carbons (Fsp3) is 0. The molecule has 2 aromatic carbocycles. The van der Waals surface area contributed by atoms with Gasteiger partial charge in [-0.25, -0.2) is 8.78 Å². The average Bonchev–Trinajstić information content (AvgIpc) is 2.35. The van der Waals surface area contributed by atoms with Crippen molar-refractivity contribution in [2.45, 2.75) is 0 Å². The lowest BCUT2D eigenvalue weighted by molar-refractivity contribution is 0.624. The van der Waals surface area contributed by atoms with Crippen LogP contribution >= 0.6 is 0 Å². The first-order valence-electron chi connectivity index (χ1n) is 5.33. The fourth-order valence-corrected chi connectivity index (χ4v) is 1.55. The Labute approximate surface area is 104 Å². The Morgan fingerprint density at radius 2 is 1.72 bits per heavy atom. The smallest absolute Gasteiger partial charge is 0.132 e. The maximum atomic E-state index is 13.6. The summed E-state index contributed by atoms with van der Waals surface area (Å²) in [5.74, 6) is -0.745. The largest absolute Gasteiger partial charge is 0.399 e. The van der Waals surface area contributed by atoms with Crippen LogP contribution in [0.15, 0.2) is 49.0 Å². The van der Waals surface area contributed by atoms with Crippen molar-refractivity contribution in [2.24, 2.45) is 0 Å². The number of halogens is 2. The maximum absolute atomic E-state index is 13.6. The number of hydrogen-bond acceptors (Lipinski definition) is 2. The number of hydrogen-bond donors (Lipinski definition) is 2. The maximum Gasteiger partial charge on any atom is 0.132 e. The van der Waals surface area contributed by atoms with Crippen LogP contribution in [0.1, 0.15) is 5.56 Å². The van der Waals surface area contributed by atoms with Gasteiger partial charge in [0.05, 0.1) is 0 Å². The number of rotatable bonds is 3. The molecule has 0 fully saturated rings. The average molecular weight is 246 g/mol. The molecule has 4 heteroatoms. The van der Waals surface area contributed by atoms with Gasteiger partial charge in [0.1, 0.15) is 11.6 Å². The Bertz CT molecular complexity index is 577. The first-order chi connectivity index (χ1) is 8.56. The van der Waals surface area contributed by atoms with Gasteiger partial charge >= 0.3 is 0 Å². The van der Waals surface area contributed by atoms with Gasteiger partial charge in [0, 0.05) is 22.6 Å². The summed E-state index contributed by atoms with van der Waals surface area (Å²) < 4.78 is 26.3. The van der Waals surface area contributed by atoms with Crippen molar-refractivity contribution in [3.8, 4) is 0 Å². The van der Waals surface area contributed by atoms with Crippen LogP contribution in [-0.4, -0.2) is 0 Å². The van der Waals surface area contributed by atoms with Crippen LogP contribution in [-0.2, 0) is 0 Å². The standard InChI is InChI=1S/C14H12F2N2/c1-9(13-8-11(17)4-7-14(13)16)18-12-5-2-10(15)3-6-12/h2-8,18H,1,17H2. The molecule has 0 heterocycles. The van der Waals surface area contributed by atoms with E-state index in [4.69, 9.17) is 5.73 Å². The molecule has 0 saturated carbocycles. The molecule has 0 radical (unpaired) electrons. The monoisotopic (exact) mass is 246 g/mol. The number of nitrogen functional groups attached to an aromatic ring is 1. The van der Waals surface area contributed by atoms with E-state index < -0.39 is 5.82 Å². The highest BCUT2D eigenvalue weighted by atomic mass is 19.1. The van der Waals surface area contributed by atoms with Crippen LogP contribution in [0.2, 0.25) is 0 Å². The summed E-state index contributed by atoms with van der Waals surface area (Å²) in [6, 6.07) is 9.96. The van der Waals surface area contributed by atoms with Crippen molar-refractivity contribution < 1.29 is 8.78 Å². The van der Waals surface area contributed by atoms with Crippen molar-refractivity contribution in [3.63, 3.8) is 0 Å². The molecule has 0 aliphatic rings. The molecule has 0 aromatic heterocycles. The molecule has 2 nitrogen and oxygen atoms in total. The van der Waals surface area contributed by atoms with Crippen molar-refractivity contribution in [1.29, 1.82) is 0 Å². The highest BCUT2D eigenvalue weighted by Gasteiger charge is 2.06. The summed E-state index contributed by atoms with van der Waals surface area (Å²) in [5, 5.41) is 2.90. The van der Waals surface area contributed by atoms with Gasteiger partial charge in [-0.2, -0.15) is 0 Å². The molecular weight excluding hydrogens is 234 g/mol. The van der Waals surface area contributed by atoms with Gasteiger partial charge in [-0.15, -0.1) is 0 Å². The predicted molar refractivity (Wildman–Crippen MR) is 69.9 cm³/mol. The zero-order valence-electron chi connectivity index (χ0n) is 9.58. The third-order valence-corrected chi connectivity index (χ3v) is 2.45. The normalized spacial score (nSPS) is 10.1. The lowest BCUT2D eigenvalue weighted by Crippen LogP contribution is -2.01. The molecule has 0 amide bonds. The molecule has 3 N–H and O–H groups in total. The van der Waals surface area contributed by atoms with Crippen LogP contribution in [0.3, 0.4) is 0 Å². The van der Waals surface area contributed by atoms with Gasteiger partial charge in [0.15, 0.2) is 0 Å². The summed E-state index contributed by atoms with van der Waals surface area (Å²) in [7, 11) is 0. The third-order valence-electron chi connectivity index (χ3n) is 2.45. The van der Waals surface area contributed by atoms with Crippen LogP contribution in [0, 0.1) is 11.6 Å². The minimum absolute atomic E-state index is 0.291. The minimum atomic E-state index is -0.413. The van der Waals surface area contributed by atoms with E-state index in [1.54, 1.807) is 12.1 Å². The van der Waals surface area contributed by atoms with Crippen LogP contribution in [0.25, 0.3) is 5.70 Å². The number of anilines is 2. The first kappa shape index (κ1) is 12.1. The zero-order valence-corrected chi connectivity index (χ0v) is 9.58. The Morgan fingerprint density at radius 3 is 2.39 bits per heavy atom. The van der Waals surface area contributed by atoms with Gasteiger partial charge in [-0.05, 0) is 42.5 Å². The Morgan fingerprint density at radius 1 is 1.06 bits per heavy atom. The quantitative estimate of drug-likeness (QED) is 0.811. The second kappa shape index (κ2) is 4.87. The number of benzene rings is 2. The summed E-state index contributed by atoms with van der Waals surface area (Å²) >= 11 is 0. The second-order valence-corrected chi connectivity index (χ2v) is 3.85. The van der Waals surface area contributed by atoms with E-state index in [9.17, 15) is 8.78 Å². The fourth-order valence-electron chi connectivity index (χ4n) is 1.55. The summed E-state index contributed by atoms with van der Waals surface area (Å²) in [6.07, 6.45) is 0. The van der Waals surface area contributed by atoms with E-state index in [0.717, 1.165) is 0 Å². The lowest BCUT2D eigenvalue weighted by atomic mass is 10.1. The molecular formula is C14H12F2N2. The van der Waals surface area contributed by atoms with Gasteiger partial charge in [-0.1, -0.05) is 6.58 Å². The molecule has 0 bridgehead atoms. The predicted octanol–water partition coefficient (Wildman–Crippen LogP) is 3.63. The Hall–Kier alpha value is -2.36. The topological polar surface area (TPSA) is 38.0 Å². The van der Waals surface area contributed by atoms with Crippen molar-refractivity contribution in [3.05, 3.63) is 66.2 Å². The lowest BCUT2D eigenvalue weighted by Gasteiger charge is -2.11. The molecule has 0 saturated heterocycles. The number of nitrogens with one attached hydrogen (secondary N) is 1. The van der Waals surface area contributed by atoms with Crippen molar-refractivity contribution >= 4 is 17.1 Å². The van der Waals surface area contributed by atoms with Gasteiger partial charge in [0.25, 0.3) is 0 Å². The van der Waals surface area contributed by atoms with E-state index in [0.29, 0.717) is 22.6 Å². The minimum Gasteiger partial charge on any atom is -0.399 e. The highest BCUT2D eigenvalue weighted by Crippen LogP contribution is 2.21. The second-order valence-electron chi connectivity index (χ2n) is 3.85. The molecule has 92 valence electrons. The van der Waals surface area contributed by atoms with E-state index in [1.807, 2.05) is 0 Å². The molecule has 0 atom stereocenters. The molecule has 0 aliphatic heterocycles. The number of nitrogens with two attached hydrogens (primary N) is 1. The molecule has 18 heavy (non-hydrogen) atoms. The summed E-state index contributed by atoms with van der Waals surface area (Å²) in [5.41, 5.74) is 7.33. The molecule has 2 rings (SSSR count). The van der Waals surface area contributed by atoms with E-state index in [-0.39, 0.29) is 5.82 Å². The molecule has 0 aliphatic carbocycles. The van der Waals surface area contributed by atoms with Crippen LogP contribution in [0.4, 0.5) is 20.2 Å².